The lowest BCUT2D eigenvalue weighted by Crippen LogP contribution is -2.09. The molecule has 0 aromatic heterocycles. The molecule has 0 radical (unpaired) electrons. The van der Waals surface area contributed by atoms with Gasteiger partial charge in [0, 0.05) is 29.4 Å². The highest BCUT2D eigenvalue weighted by atomic mass is 35.5. The third-order valence-electron chi connectivity index (χ3n) is 1.75. The molecule has 0 atom stereocenters. The van der Waals surface area contributed by atoms with Gasteiger partial charge in [0.05, 0.1) is 6.61 Å². The fourth-order valence-electron chi connectivity index (χ4n) is 1.12. The van der Waals surface area contributed by atoms with Gasteiger partial charge < -0.3 is 16.2 Å². The van der Waals surface area contributed by atoms with Gasteiger partial charge in [0.25, 0.3) is 0 Å². The van der Waals surface area contributed by atoms with Crippen molar-refractivity contribution in [2.45, 2.75) is 6.54 Å². The molecule has 0 amide bonds. The van der Waals surface area contributed by atoms with Crippen molar-refractivity contribution in [1.29, 1.82) is 0 Å². The molecule has 0 aliphatic carbocycles. The second kappa shape index (κ2) is 5.07. The smallest absolute Gasteiger partial charge is 0.0604 e. The van der Waals surface area contributed by atoms with Crippen molar-refractivity contribution in [1.82, 2.24) is 0 Å². The number of anilines is 1. The lowest BCUT2D eigenvalue weighted by molar-refractivity contribution is 0.311. The van der Waals surface area contributed by atoms with Crippen molar-refractivity contribution in [3.05, 3.63) is 28.8 Å². The maximum absolute atomic E-state index is 8.63. The van der Waals surface area contributed by atoms with Crippen LogP contribution in [0.15, 0.2) is 18.2 Å². The summed E-state index contributed by atoms with van der Waals surface area (Å²) in [7, 11) is 0. The Morgan fingerprint density at radius 3 is 2.85 bits per heavy atom. The highest BCUT2D eigenvalue weighted by Gasteiger charge is 2.03. The third kappa shape index (κ3) is 2.59. The van der Waals surface area contributed by atoms with E-state index in [0.717, 1.165) is 11.3 Å². The molecule has 4 heteroatoms. The van der Waals surface area contributed by atoms with Crippen LogP contribution in [-0.4, -0.2) is 18.3 Å². The number of hydrogen-bond acceptors (Lipinski definition) is 3. The standard InChI is InChI=1S/C9H13ClN2O/c10-8-2-1-3-9(7(8)6-11)12-4-5-13/h1-3,12-13H,4-6,11H2. The Hall–Kier alpha value is -0.770. The van der Waals surface area contributed by atoms with Crippen LogP contribution in [-0.2, 0) is 6.54 Å². The predicted molar refractivity (Wildman–Crippen MR) is 54.9 cm³/mol. The minimum atomic E-state index is 0.0938. The van der Waals surface area contributed by atoms with Crippen molar-refractivity contribution < 1.29 is 5.11 Å². The van der Waals surface area contributed by atoms with E-state index in [9.17, 15) is 0 Å². The van der Waals surface area contributed by atoms with Gasteiger partial charge in [0.15, 0.2) is 0 Å². The molecule has 0 heterocycles. The van der Waals surface area contributed by atoms with Gasteiger partial charge in [-0.15, -0.1) is 0 Å². The van der Waals surface area contributed by atoms with Crippen molar-refractivity contribution in [2.24, 2.45) is 5.73 Å². The van der Waals surface area contributed by atoms with E-state index >= 15 is 0 Å². The van der Waals surface area contributed by atoms with E-state index < -0.39 is 0 Å². The van der Waals surface area contributed by atoms with Crippen LogP contribution in [0.5, 0.6) is 0 Å². The molecule has 0 saturated heterocycles. The number of aliphatic hydroxyl groups is 1. The lowest BCUT2D eigenvalue weighted by Gasteiger charge is -2.10. The number of nitrogens with one attached hydrogen (secondary N) is 1. The summed E-state index contributed by atoms with van der Waals surface area (Å²) in [6.07, 6.45) is 0. The van der Waals surface area contributed by atoms with Gasteiger partial charge in [0.1, 0.15) is 0 Å². The summed E-state index contributed by atoms with van der Waals surface area (Å²) in [6.45, 7) is 0.997. The SMILES string of the molecule is NCc1c(Cl)cccc1NCCO. The van der Waals surface area contributed by atoms with Crippen LogP contribution < -0.4 is 11.1 Å². The van der Waals surface area contributed by atoms with E-state index in [1.807, 2.05) is 12.1 Å². The first kappa shape index (κ1) is 10.3. The van der Waals surface area contributed by atoms with Gasteiger partial charge in [0.2, 0.25) is 0 Å². The van der Waals surface area contributed by atoms with Crippen LogP contribution in [0.4, 0.5) is 5.69 Å². The Labute approximate surface area is 82.5 Å². The van der Waals surface area contributed by atoms with Crippen molar-refractivity contribution in [3.8, 4) is 0 Å². The molecule has 0 fully saturated rings. The van der Waals surface area contributed by atoms with Gasteiger partial charge in [-0.3, -0.25) is 0 Å². The summed E-state index contributed by atoms with van der Waals surface area (Å²) in [5.74, 6) is 0. The minimum Gasteiger partial charge on any atom is -0.395 e. The van der Waals surface area contributed by atoms with Crippen LogP contribution in [0, 0.1) is 0 Å². The van der Waals surface area contributed by atoms with Gasteiger partial charge in [-0.1, -0.05) is 17.7 Å². The Morgan fingerprint density at radius 2 is 2.23 bits per heavy atom. The second-order valence-electron chi connectivity index (χ2n) is 2.62. The topological polar surface area (TPSA) is 58.3 Å². The molecule has 1 rings (SSSR count). The molecular weight excluding hydrogens is 188 g/mol. The molecule has 0 aliphatic rings. The van der Waals surface area contributed by atoms with Crippen molar-refractivity contribution in [3.63, 3.8) is 0 Å². The maximum Gasteiger partial charge on any atom is 0.0604 e. The van der Waals surface area contributed by atoms with Gasteiger partial charge in [-0.25, -0.2) is 0 Å². The number of hydrogen-bond donors (Lipinski definition) is 3. The average molecular weight is 201 g/mol. The first-order valence-electron chi connectivity index (χ1n) is 4.11. The van der Waals surface area contributed by atoms with Crippen LogP contribution in [0.25, 0.3) is 0 Å². The summed E-state index contributed by atoms with van der Waals surface area (Å²) >= 11 is 5.93. The summed E-state index contributed by atoms with van der Waals surface area (Å²) in [5, 5.41) is 12.3. The maximum atomic E-state index is 8.63. The summed E-state index contributed by atoms with van der Waals surface area (Å²) in [4.78, 5) is 0. The number of nitrogens with two attached hydrogens (primary N) is 1. The molecule has 72 valence electrons. The number of halogens is 1. The molecule has 0 saturated carbocycles. The Balaban J connectivity index is 2.85. The average Bonchev–Trinajstić information content (AvgIpc) is 2.15. The van der Waals surface area contributed by atoms with E-state index in [1.54, 1.807) is 6.07 Å². The predicted octanol–water partition coefficient (Wildman–Crippen LogP) is 1.20. The number of aliphatic hydroxyl groups excluding tert-OH is 1. The van der Waals surface area contributed by atoms with Crippen molar-refractivity contribution in [2.75, 3.05) is 18.5 Å². The Bertz CT molecular complexity index is 278. The molecule has 4 N–H and O–H groups in total. The zero-order valence-electron chi connectivity index (χ0n) is 7.26. The number of rotatable bonds is 4. The van der Waals surface area contributed by atoms with Crippen molar-refractivity contribution >= 4 is 17.3 Å². The zero-order valence-corrected chi connectivity index (χ0v) is 8.01. The molecular formula is C9H13ClN2O. The zero-order chi connectivity index (χ0) is 9.68. The van der Waals surface area contributed by atoms with Gasteiger partial charge >= 0.3 is 0 Å². The van der Waals surface area contributed by atoms with E-state index in [2.05, 4.69) is 5.32 Å². The monoisotopic (exact) mass is 200 g/mol. The summed E-state index contributed by atoms with van der Waals surface area (Å²) in [5.41, 5.74) is 7.32. The second-order valence-corrected chi connectivity index (χ2v) is 3.03. The first-order valence-corrected chi connectivity index (χ1v) is 4.49. The molecule has 1 aromatic rings. The van der Waals surface area contributed by atoms with Crippen LogP contribution >= 0.6 is 11.6 Å². The van der Waals surface area contributed by atoms with E-state index in [0.29, 0.717) is 18.1 Å². The highest BCUT2D eigenvalue weighted by Crippen LogP contribution is 2.23. The lowest BCUT2D eigenvalue weighted by atomic mass is 10.2. The Morgan fingerprint density at radius 1 is 1.46 bits per heavy atom. The minimum absolute atomic E-state index is 0.0938. The Kier molecular flexibility index (Phi) is 4.02. The van der Waals surface area contributed by atoms with Crippen LogP contribution in [0.2, 0.25) is 5.02 Å². The largest absolute Gasteiger partial charge is 0.395 e. The van der Waals surface area contributed by atoms with Crippen LogP contribution in [0.3, 0.4) is 0 Å². The van der Waals surface area contributed by atoms with E-state index in [4.69, 9.17) is 22.4 Å². The quantitative estimate of drug-likeness (QED) is 0.685. The molecule has 0 bridgehead atoms. The number of benzene rings is 1. The van der Waals surface area contributed by atoms with Gasteiger partial charge in [-0.05, 0) is 12.1 Å². The first-order chi connectivity index (χ1) is 6.29. The van der Waals surface area contributed by atoms with Crippen LogP contribution in [0.1, 0.15) is 5.56 Å². The molecule has 0 spiro atoms. The molecule has 0 unspecified atom stereocenters. The fourth-order valence-corrected chi connectivity index (χ4v) is 1.37. The summed E-state index contributed by atoms with van der Waals surface area (Å²) in [6, 6.07) is 5.54. The van der Waals surface area contributed by atoms with Gasteiger partial charge in [-0.2, -0.15) is 0 Å². The van der Waals surface area contributed by atoms with E-state index in [-0.39, 0.29) is 6.61 Å². The summed E-state index contributed by atoms with van der Waals surface area (Å²) < 4.78 is 0. The molecule has 0 aliphatic heterocycles. The molecule has 3 nitrogen and oxygen atoms in total. The van der Waals surface area contributed by atoms with E-state index in [1.165, 1.54) is 0 Å². The fraction of sp³-hybridized carbons (Fsp3) is 0.333. The highest BCUT2D eigenvalue weighted by molar-refractivity contribution is 6.31. The normalized spacial score (nSPS) is 10.1. The molecule has 13 heavy (non-hydrogen) atoms. The molecule has 1 aromatic carbocycles. The third-order valence-corrected chi connectivity index (χ3v) is 2.10.